The van der Waals surface area contributed by atoms with Gasteiger partial charge in [0.25, 0.3) is 5.91 Å². The number of carbonyl (C=O) groups is 3. The number of rotatable bonds is 8. The molecule has 0 saturated carbocycles. The van der Waals surface area contributed by atoms with Gasteiger partial charge in [-0.05, 0) is 82.9 Å². The van der Waals surface area contributed by atoms with Gasteiger partial charge in [-0.1, -0.05) is 96.9 Å². The molecule has 0 bridgehead atoms. The molecule has 0 aromatic heterocycles. The van der Waals surface area contributed by atoms with Crippen molar-refractivity contribution < 1.29 is 14.4 Å². The van der Waals surface area contributed by atoms with E-state index in [0.717, 1.165) is 22.3 Å². The number of anilines is 5. The molecule has 0 aliphatic heterocycles. The fraction of sp³-hybridized carbons (Fsp3) is 0. The Kier molecular flexibility index (Phi) is 9.74. The van der Waals surface area contributed by atoms with E-state index >= 15 is 0 Å². The maximum absolute atomic E-state index is 13.2. The maximum atomic E-state index is 13.2. The molecule has 0 aliphatic rings. The number of hydrogen-bond acceptors (Lipinski definition) is 3. The Labute approximate surface area is 284 Å². The Morgan fingerprint density at radius 3 is 1.47 bits per heavy atom. The van der Waals surface area contributed by atoms with E-state index in [1.165, 1.54) is 6.07 Å². The maximum Gasteiger partial charge on any atom is 0.323 e. The van der Waals surface area contributed by atoms with Crippen molar-refractivity contribution in [3.63, 3.8) is 0 Å². The molecule has 5 amide bonds. The summed E-state index contributed by atoms with van der Waals surface area (Å²) in [7, 11) is 0. The standard InChI is InChI=1S/C41H31N5O3/c1-2-28-10-9-15-36(26-28)42-39(47)33-20-25-37(45-40(48)43-34-21-16-31(17-22-34)29-11-5-3-6-12-29)38(27-33)46-41(49)44-35-23-18-32(19-24-35)30-13-7-4-8-14-30/h1,3-27H,(H,42,47)(H2,43,45,48)(H2,44,46,49). The second-order valence-electron chi connectivity index (χ2n) is 11.0. The highest BCUT2D eigenvalue weighted by Crippen LogP contribution is 2.27. The van der Waals surface area contributed by atoms with E-state index < -0.39 is 18.0 Å². The number of nitrogens with one attached hydrogen (secondary N) is 5. The number of urea groups is 2. The van der Waals surface area contributed by atoms with E-state index in [4.69, 9.17) is 6.42 Å². The van der Waals surface area contributed by atoms with Crippen LogP contribution in [0.25, 0.3) is 22.3 Å². The van der Waals surface area contributed by atoms with Crippen molar-refractivity contribution in [3.8, 4) is 34.6 Å². The molecule has 0 spiro atoms. The van der Waals surface area contributed by atoms with Gasteiger partial charge >= 0.3 is 12.1 Å². The molecule has 6 aromatic rings. The second-order valence-corrected chi connectivity index (χ2v) is 11.0. The minimum absolute atomic E-state index is 0.206. The van der Waals surface area contributed by atoms with Gasteiger partial charge in [0.15, 0.2) is 0 Å². The second kappa shape index (κ2) is 15.0. The first-order valence-corrected chi connectivity index (χ1v) is 15.4. The molecule has 238 valence electrons. The Hall–Kier alpha value is -7.11. The van der Waals surface area contributed by atoms with E-state index in [1.54, 1.807) is 60.7 Å². The predicted molar refractivity (Wildman–Crippen MR) is 198 cm³/mol. The summed E-state index contributed by atoms with van der Waals surface area (Å²) < 4.78 is 0. The van der Waals surface area contributed by atoms with Crippen LogP contribution >= 0.6 is 0 Å². The first-order chi connectivity index (χ1) is 23.9. The van der Waals surface area contributed by atoms with Crippen molar-refractivity contribution in [1.29, 1.82) is 0 Å². The Bertz CT molecular complexity index is 2140. The van der Waals surface area contributed by atoms with Crippen molar-refractivity contribution in [2.75, 3.05) is 26.6 Å². The summed E-state index contributed by atoms with van der Waals surface area (Å²) in [5.41, 5.74) is 7.14. The first kappa shape index (κ1) is 31.9. The normalized spacial score (nSPS) is 10.3. The van der Waals surface area contributed by atoms with Gasteiger partial charge in [-0.3, -0.25) is 4.79 Å². The van der Waals surface area contributed by atoms with Gasteiger partial charge in [0.1, 0.15) is 0 Å². The predicted octanol–water partition coefficient (Wildman–Crippen LogP) is 9.54. The highest BCUT2D eigenvalue weighted by atomic mass is 16.2. The molecule has 0 saturated heterocycles. The van der Waals surface area contributed by atoms with Crippen LogP contribution in [0.3, 0.4) is 0 Å². The zero-order valence-electron chi connectivity index (χ0n) is 26.2. The van der Waals surface area contributed by atoms with Crippen LogP contribution in [0.4, 0.5) is 38.0 Å². The van der Waals surface area contributed by atoms with Gasteiger partial charge in [0.2, 0.25) is 0 Å². The van der Waals surface area contributed by atoms with Crippen LogP contribution in [-0.2, 0) is 0 Å². The van der Waals surface area contributed by atoms with Crippen LogP contribution in [0.15, 0.2) is 152 Å². The molecule has 0 aliphatic carbocycles. The monoisotopic (exact) mass is 641 g/mol. The van der Waals surface area contributed by atoms with E-state index in [0.29, 0.717) is 22.6 Å². The van der Waals surface area contributed by atoms with Crippen LogP contribution in [0.2, 0.25) is 0 Å². The lowest BCUT2D eigenvalue weighted by Crippen LogP contribution is -2.24. The summed E-state index contributed by atoms with van der Waals surface area (Å²) in [5, 5.41) is 14.0. The lowest BCUT2D eigenvalue weighted by Gasteiger charge is -2.16. The molecule has 0 fully saturated rings. The van der Waals surface area contributed by atoms with Crippen molar-refractivity contribution in [2.24, 2.45) is 0 Å². The van der Waals surface area contributed by atoms with Gasteiger partial charge in [-0.15, -0.1) is 6.42 Å². The van der Waals surface area contributed by atoms with E-state index in [9.17, 15) is 14.4 Å². The van der Waals surface area contributed by atoms with Gasteiger partial charge in [-0.25, -0.2) is 9.59 Å². The third-order valence-corrected chi connectivity index (χ3v) is 7.57. The molecular weight excluding hydrogens is 610 g/mol. The van der Waals surface area contributed by atoms with Gasteiger partial charge < -0.3 is 26.6 Å². The van der Waals surface area contributed by atoms with Crippen molar-refractivity contribution in [3.05, 3.63) is 163 Å². The summed E-state index contributed by atoms with van der Waals surface area (Å²) in [6.07, 6.45) is 5.50. The SMILES string of the molecule is C#Cc1cccc(NC(=O)c2ccc(NC(=O)Nc3ccc(-c4ccccc4)cc3)c(NC(=O)Nc3ccc(-c4ccccc4)cc3)c2)c1. The average Bonchev–Trinajstić information content (AvgIpc) is 3.13. The fourth-order valence-corrected chi connectivity index (χ4v) is 5.11. The average molecular weight is 642 g/mol. The minimum Gasteiger partial charge on any atom is -0.322 e. The molecule has 0 radical (unpaired) electrons. The summed E-state index contributed by atoms with van der Waals surface area (Å²) in [6, 6.07) is 45.1. The third kappa shape index (κ3) is 8.38. The van der Waals surface area contributed by atoms with E-state index in [-0.39, 0.29) is 16.9 Å². The molecule has 8 nitrogen and oxygen atoms in total. The summed E-state index contributed by atoms with van der Waals surface area (Å²) >= 11 is 0. The highest BCUT2D eigenvalue weighted by molar-refractivity contribution is 6.10. The van der Waals surface area contributed by atoms with Crippen molar-refractivity contribution in [2.45, 2.75) is 0 Å². The van der Waals surface area contributed by atoms with Crippen molar-refractivity contribution >= 4 is 46.4 Å². The molecule has 49 heavy (non-hydrogen) atoms. The quantitative estimate of drug-likeness (QED) is 0.107. The molecular formula is C41H31N5O3. The smallest absolute Gasteiger partial charge is 0.322 e. The summed E-state index contributed by atoms with van der Waals surface area (Å²) in [5.74, 6) is 2.12. The number of benzene rings is 6. The Morgan fingerprint density at radius 2 is 0.939 bits per heavy atom. The molecule has 6 rings (SSSR count). The van der Waals surface area contributed by atoms with Crippen molar-refractivity contribution in [1.82, 2.24) is 0 Å². The van der Waals surface area contributed by atoms with E-state index in [1.807, 2.05) is 84.9 Å². The van der Waals surface area contributed by atoms with Crippen LogP contribution in [0, 0.1) is 12.3 Å². The number of terminal acetylenes is 1. The van der Waals surface area contributed by atoms with Crippen LogP contribution in [0.5, 0.6) is 0 Å². The van der Waals surface area contributed by atoms with Gasteiger partial charge in [0.05, 0.1) is 11.4 Å². The zero-order valence-corrected chi connectivity index (χ0v) is 26.2. The van der Waals surface area contributed by atoms with Crippen LogP contribution < -0.4 is 26.6 Å². The van der Waals surface area contributed by atoms with E-state index in [2.05, 4.69) is 32.5 Å². The Balaban J connectivity index is 1.18. The zero-order chi connectivity index (χ0) is 34.0. The first-order valence-electron chi connectivity index (χ1n) is 15.4. The van der Waals surface area contributed by atoms with Gasteiger partial charge in [0, 0.05) is 28.2 Å². The molecule has 0 atom stereocenters. The topological polar surface area (TPSA) is 111 Å². The summed E-state index contributed by atoms with van der Waals surface area (Å²) in [4.78, 5) is 39.5. The lowest BCUT2D eigenvalue weighted by atomic mass is 10.1. The molecule has 6 aromatic carbocycles. The van der Waals surface area contributed by atoms with Crippen LogP contribution in [0.1, 0.15) is 15.9 Å². The number of carbonyl (C=O) groups excluding carboxylic acids is 3. The molecule has 8 heteroatoms. The van der Waals surface area contributed by atoms with Crippen LogP contribution in [-0.4, -0.2) is 18.0 Å². The largest absolute Gasteiger partial charge is 0.323 e. The summed E-state index contributed by atoms with van der Waals surface area (Å²) in [6.45, 7) is 0. The molecule has 0 unspecified atom stereocenters. The molecule has 0 heterocycles. The number of hydrogen-bond donors (Lipinski definition) is 5. The fourth-order valence-electron chi connectivity index (χ4n) is 5.11. The lowest BCUT2D eigenvalue weighted by molar-refractivity contribution is 0.102. The molecule has 5 N–H and O–H groups in total. The Morgan fingerprint density at radius 1 is 0.429 bits per heavy atom. The minimum atomic E-state index is -0.563. The third-order valence-electron chi connectivity index (χ3n) is 7.57. The number of amides is 5. The van der Waals surface area contributed by atoms with Gasteiger partial charge in [-0.2, -0.15) is 0 Å². The highest BCUT2D eigenvalue weighted by Gasteiger charge is 2.15.